The van der Waals surface area contributed by atoms with E-state index in [1.807, 2.05) is 36.4 Å². The van der Waals surface area contributed by atoms with E-state index in [2.05, 4.69) is 5.32 Å². The summed E-state index contributed by atoms with van der Waals surface area (Å²) in [6.45, 7) is 0. The molecule has 0 spiro atoms. The van der Waals surface area contributed by atoms with Gasteiger partial charge in [0, 0.05) is 29.2 Å². The molecule has 1 aliphatic carbocycles. The molecule has 7 nitrogen and oxygen atoms in total. The summed E-state index contributed by atoms with van der Waals surface area (Å²) in [7, 11) is 4.81. The van der Waals surface area contributed by atoms with Crippen molar-refractivity contribution in [1.82, 2.24) is 0 Å². The molecule has 2 atom stereocenters. The topological polar surface area (TPSA) is 82.9 Å². The normalized spacial score (nSPS) is 18.6. The largest absolute Gasteiger partial charge is 0.623 e. The Bertz CT molecular complexity index is 1320. The average molecular weight is 487 g/mol. The SMILES string of the molecule is COc1ccc(C(=O)Nc2cccc(C3=[N+]([O-])[C@@H]4CCCC[C@@H]4c4cc(OC)c(OC)cc43)c2)cc1. The van der Waals surface area contributed by atoms with Crippen LogP contribution in [0.5, 0.6) is 17.2 Å². The highest BCUT2D eigenvalue weighted by molar-refractivity contribution is 6.12. The predicted molar refractivity (Wildman–Crippen MR) is 139 cm³/mol. The molecule has 3 aromatic rings. The molecule has 0 bridgehead atoms. The minimum atomic E-state index is -0.235. The van der Waals surface area contributed by atoms with Gasteiger partial charge in [-0.25, -0.2) is 4.74 Å². The summed E-state index contributed by atoms with van der Waals surface area (Å²) in [6.07, 6.45) is 3.95. The molecule has 3 aromatic carbocycles. The van der Waals surface area contributed by atoms with E-state index < -0.39 is 0 Å². The van der Waals surface area contributed by atoms with Crippen LogP contribution in [0.25, 0.3) is 0 Å². The molecule has 0 aromatic heterocycles. The van der Waals surface area contributed by atoms with Gasteiger partial charge in [-0.15, -0.1) is 0 Å². The van der Waals surface area contributed by atoms with E-state index >= 15 is 0 Å². The number of ether oxygens (including phenoxy) is 3. The number of nitrogens with one attached hydrogen (secondary N) is 1. The van der Waals surface area contributed by atoms with E-state index in [-0.39, 0.29) is 17.9 Å². The van der Waals surface area contributed by atoms with E-state index in [0.717, 1.165) is 42.4 Å². The Morgan fingerprint density at radius 2 is 1.64 bits per heavy atom. The highest BCUT2D eigenvalue weighted by Gasteiger charge is 2.42. The molecule has 36 heavy (non-hydrogen) atoms. The van der Waals surface area contributed by atoms with Gasteiger partial charge in [0.25, 0.3) is 5.91 Å². The maximum absolute atomic E-state index is 13.8. The summed E-state index contributed by atoms with van der Waals surface area (Å²) < 4.78 is 17.5. The van der Waals surface area contributed by atoms with Crippen LogP contribution in [-0.4, -0.2) is 43.7 Å². The standard InChI is InChI=1S/C29H30N2O5/c1-34-21-13-11-18(12-14-21)29(32)30-20-8-6-7-19(15-20)28-24-17-27(36-3)26(35-2)16-23(24)22-9-4-5-10-25(22)31(28)33/h6-8,11-17,22,25H,4-5,9-10H2,1-3H3,(H,30,32)/t22-,25-/m1/s1. The molecule has 1 saturated carbocycles. The van der Waals surface area contributed by atoms with E-state index in [1.54, 1.807) is 45.6 Å². The van der Waals surface area contributed by atoms with Crippen molar-refractivity contribution in [2.45, 2.75) is 37.6 Å². The first-order valence-electron chi connectivity index (χ1n) is 12.2. The van der Waals surface area contributed by atoms with Gasteiger partial charge in [-0.2, -0.15) is 0 Å². The van der Waals surface area contributed by atoms with E-state index in [9.17, 15) is 10.0 Å². The molecule has 2 aliphatic rings. The Morgan fingerprint density at radius 1 is 0.917 bits per heavy atom. The van der Waals surface area contributed by atoms with Gasteiger partial charge in [-0.3, -0.25) is 4.79 Å². The summed E-state index contributed by atoms with van der Waals surface area (Å²) in [4.78, 5) is 12.8. The van der Waals surface area contributed by atoms with Crippen LogP contribution in [0.4, 0.5) is 5.69 Å². The van der Waals surface area contributed by atoms with Gasteiger partial charge < -0.3 is 24.7 Å². The molecule has 1 amide bonds. The van der Waals surface area contributed by atoms with Gasteiger partial charge in [0.2, 0.25) is 5.71 Å². The van der Waals surface area contributed by atoms with Crippen LogP contribution < -0.4 is 19.5 Å². The van der Waals surface area contributed by atoms with E-state index in [0.29, 0.717) is 34.2 Å². The fourth-order valence-corrected chi connectivity index (χ4v) is 5.42. The van der Waals surface area contributed by atoms with Crippen molar-refractivity contribution in [1.29, 1.82) is 0 Å². The first-order valence-corrected chi connectivity index (χ1v) is 12.2. The molecule has 1 N–H and O–H groups in total. The van der Waals surface area contributed by atoms with Crippen molar-refractivity contribution >= 4 is 17.3 Å². The number of anilines is 1. The highest BCUT2D eigenvalue weighted by Crippen LogP contribution is 2.44. The second-order valence-electron chi connectivity index (χ2n) is 9.19. The maximum atomic E-state index is 13.8. The third-order valence-corrected chi connectivity index (χ3v) is 7.21. The van der Waals surface area contributed by atoms with Gasteiger partial charge in [0.15, 0.2) is 17.5 Å². The van der Waals surface area contributed by atoms with Crippen LogP contribution in [0.3, 0.4) is 0 Å². The van der Waals surface area contributed by atoms with Crippen LogP contribution in [0.15, 0.2) is 60.7 Å². The van der Waals surface area contributed by atoms with Crippen molar-refractivity contribution < 1.29 is 23.7 Å². The first-order chi connectivity index (χ1) is 17.5. The number of nitrogens with zero attached hydrogens (tertiary/aromatic N) is 1. The Balaban J connectivity index is 1.54. The highest BCUT2D eigenvalue weighted by atomic mass is 16.5. The van der Waals surface area contributed by atoms with Gasteiger partial charge in [-0.05, 0) is 73.0 Å². The minimum Gasteiger partial charge on any atom is -0.623 e. The smallest absolute Gasteiger partial charge is 0.255 e. The molecule has 1 aliphatic heterocycles. The summed E-state index contributed by atoms with van der Waals surface area (Å²) >= 11 is 0. The predicted octanol–water partition coefficient (Wildman–Crippen LogP) is 5.35. The zero-order chi connectivity index (χ0) is 25.2. The van der Waals surface area contributed by atoms with Gasteiger partial charge >= 0.3 is 0 Å². The first kappa shape index (κ1) is 23.7. The lowest BCUT2D eigenvalue weighted by Gasteiger charge is -2.36. The summed E-state index contributed by atoms with van der Waals surface area (Å²) in [5.41, 5.74) is 4.44. The fraction of sp³-hybridized carbons (Fsp3) is 0.310. The number of benzene rings is 3. The van der Waals surface area contributed by atoms with Crippen molar-refractivity contribution in [3.63, 3.8) is 0 Å². The lowest BCUT2D eigenvalue weighted by molar-refractivity contribution is -0.510. The van der Waals surface area contributed by atoms with Gasteiger partial charge in [-0.1, -0.05) is 12.5 Å². The Hall–Kier alpha value is -4.00. The number of carbonyl (C=O) groups excluding carboxylic acids is 1. The Kier molecular flexibility index (Phi) is 6.55. The molecular weight excluding hydrogens is 456 g/mol. The van der Waals surface area contributed by atoms with E-state index in [1.165, 1.54) is 4.74 Å². The maximum Gasteiger partial charge on any atom is 0.255 e. The molecule has 0 saturated heterocycles. The van der Waals surface area contributed by atoms with Gasteiger partial charge in [0.05, 0.1) is 26.9 Å². The number of hydrogen-bond acceptors (Lipinski definition) is 5. The number of rotatable bonds is 6. The lowest BCUT2D eigenvalue weighted by atomic mass is 9.74. The summed E-state index contributed by atoms with van der Waals surface area (Å²) in [5.74, 6) is 1.85. The lowest BCUT2D eigenvalue weighted by Crippen LogP contribution is -2.41. The average Bonchev–Trinajstić information content (AvgIpc) is 2.92. The number of hydroxylamine groups is 1. The second kappa shape index (κ2) is 9.93. The van der Waals surface area contributed by atoms with Crippen LogP contribution >= 0.6 is 0 Å². The number of fused-ring (bicyclic) bond motifs is 3. The molecule has 0 unspecified atom stereocenters. The zero-order valence-corrected chi connectivity index (χ0v) is 20.7. The second-order valence-corrected chi connectivity index (χ2v) is 9.19. The summed E-state index contributed by atoms with van der Waals surface area (Å²) in [6, 6.07) is 18.2. The molecule has 0 radical (unpaired) electrons. The Morgan fingerprint density at radius 3 is 2.36 bits per heavy atom. The number of amides is 1. The number of hydrogen-bond donors (Lipinski definition) is 1. The zero-order valence-electron chi connectivity index (χ0n) is 20.7. The van der Waals surface area contributed by atoms with E-state index in [4.69, 9.17) is 14.2 Å². The third kappa shape index (κ3) is 4.26. The minimum absolute atomic E-state index is 0.128. The van der Waals surface area contributed by atoms with Crippen molar-refractivity contribution in [2.24, 2.45) is 0 Å². The Labute approximate surface area is 210 Å². The third-order valence-electron chi connectivity index (χ3n) is 7.21. The van der Waals surface area contributed by atoms with Crippen LogP contribution in [0.2, 0.25) is 0 Å². The van der Waals surface area contributed by atoms with Crippen molar-refractivity contribution in [3.05, 3.63) is 88.1 Å². The summed E-state index contributed by atoms with van der Waals surface area (Å²) in [5, 5.41) is 16.8. The molecule has 7 heteroatoms. The van der Waals surface area contributed by atoms with Crippen molar-refractivity contribution in [3.8, 4) is 17.2 Å². The molecule has 5 rings (SSSR count). The molecule has 1 fully saturated rings. The molecule has 1 heterocycles. The molecular formula is C29H30N2O5. The number of methoxy groups -OCH3 is 3. The van der Waals surface area contributed by atoms with Crippen LogP contribution in [0.1, 0.15) is 58.6 Å². The fourth-order valence-electron chi connectivity index (χ4n) is 5.42. The molecule has 186 valence electrons. The van der Waals surface area contributed by atoms with Crippen LogP contribution in [0, 0.1) is 5.21 Å². The van der Waals surface area contributed by atoms with Crippen molar-refractivity contribution in [2.75, 3.05) is 26.6 Å². The van der Waals surface area contributed by atoms with Crippen LogP contribution in [-0.2, 0) is 0 Å². The quantitative estimate of drug-likeness (QED) is 0.375. The monoisotopic (exact) mass is 486 g/mol. The number of carbonyl (C=O) groups is 1. The van der Waals surface area contributed by atoms with Gasteiger partial charge in [0.1, 0.15) is 5.75 Å².